The van der Waals surface area contributed by atoms with Crippen LogP contribution in [-0.2, 0) is 4.79 Å². The molecule has 0 atom stereocenters. The summed E-state index contributed by atoms with van der Waals surface area (Å²) in [5.41, 5.74) is 1.56. The molecule has 0 spiro atoms. The first-order chi connectivity index (χ1) is 12.6. The smallest absolute Gasteiger partial charge is 0.296 e. The Hall–Kier alpha value is -3.73. The van der Waals surface area contributed by atoms with Gasteiger partial charge in [-0.15, -0.1) is 0 Å². The average Bonchev–Trinajstić information content (AvgIpc) is 2.70. The van der Waals surface area contributed by atoms with Crippen LogP contribution >= 0.6 is 0 Å². The van der Waals surface area contributed by atoms with Crippen molar-refractivity contribution >= 4 is 29.0 Å². The Balaban J connectivity index is 1.76. The molecule has 3 rings (SSSR count). The molecule has 0 heterocycles. The fourth-order valence-electron chi connectivity index (χ4n) is 2.38. The van der Waals surface area contributed by atoms with Gasteiger partial charge < -0.3 is 10.6 Å². The number of para-hydroxylation sites is 2. The molecule has 0 unspecified atom stereocenters. The molecular formula is C21H16N2O3. The molecule has 0 saturated carbocycles. The number of benzene rings is 3. The maximum atomic E-state index is 12.3. The van der Waals surface area contributed by atoms with Crippen molar-refractivity contribution in [3.8, 4) is 0 Å². The number of hydrogen-bond donors (Lipinski definition) is 2. The minimum absolute atomic E-state index is 0.302. The van der Waals surface area contributed by atoms with Crippen molar-refractivity contribution in [1.82, 2.24) is 0 Å². The SMILES string of the molecule is O=C(Nc1ccccc1NC(=O)c1ccccc1)C(=O)c1ccccc1. The van der Waals surface area contributed by atoms with Crippen molar-refractivity contribution in [1.29, 1.82) is 0 Å². The molecule has 5 heteroatoms. The quantitative estimate of drug-likeness (QED) is 0.547. The standard InChI is InChI=1S/C21H16N2O3/c24-19(15-9-3-1-4-10-15)21(26)23-18-14-8-7-13-17(18)22-20(25)16-11-5-2-6-12-16/h1-14H,(H,22,25)(H,23,26). The van der Waals surface area contributed by atoms with Crippen LogP contribution in [0.15, 0.2) is 84.9 Å². The van der Waals surface area contributed by atoms with Gasteiger partial charge in [0.05, 0.1) is 11.4 Å². The van der Waals surface area contributed by atoms with Gasteiger partial charge >= 0.3 is 0 Å². The second kappa shape index (κ2) is 7.90. The van der Waals surface area contributed by atoms with Gasteiger partial charge in [-0.2, -0.15) is 0 Å². The van der Waals surface area contributed by atoms with E-state index in [0.717, 1.165) is 0 Å². The van der Waals surface area contributed by atoms with Gasteiger partial charge in [0, 0.05) is 11.1 Å². The van der Waals surface area contributed by atoms with E-state index in [4.69, 9.17) is 0 Å². The molecule has 128 valence electrons. The van der Waals surface area contributed by atoms with Crippen molar-refractivity contribution in [2.75, 3.05) is 10.6 Å². The van der Waals surface area contributed by atoms with Crippen LogP contribution in [0.25, 0.3) is 0 Å². The van der Waals surface area contributed by atoms with Crippen LogP contribution in [0, 0.1) is 0 Å². The topological polar surface area (TPSA) is 75.3 Å². The van der Waals surface area contributed by atoms with Crippen LogP contribution in [-0.4, -0.2) is 17.6 Å². The van der Waals surface area contributed by atoms with E-state index in [0.29, 0.717) is 22.5 Å². The second-order valence-electron chi connectivity index (χ2n) is 5.52. The third kappa shape index (κ3) is 4.02. The van der Waals surface area contributed by atoms with Crippen molar-refractivity contribution in [3.63, 3.8) is 0 Å². The lowest BCUT2D eigenvalue weighted by Crippen LogP contribution is -2.24. The molecule has 2 amide bonds. The molecule has 0 aliphatic rings. The van der Waals surface area contributed by atoms with Crippen LogP contribution in [0.1, 0.15) is 20.7 Å². The van der Waals surface area contributed by atoms with Crippen molar-refractivity contribution in [3.05, 3.63) is 96.1 Å². The molecule has 3 aromatic carbocycles. The van der Waals surface area contributed by atoms with Crippen molar-refractivity contribution < 1.29 is 14.4 Å². The summed E-state index contributed by atoms with van der Waals surface area (Å²) in [6, 6.07) is 23.7. The van der Waals surface area contributed by atoms with E-state index in [9.17, 15) is 14.4 Å². The fraction of sp³-hybridized carbons (Fsp3) is 0. The molecule has 0 aromatic heterocycles. The summed E-state index contributed by atoms with van der Waals surface area (Å²) in [5, 5.41) is 5.31. The van der Waals surface area contributed by atoms with E-state index in [1.807, 2.05) is 6.07 Å². The Morgan fingerprint density at radius 1 is 0.538 bits per heavy atom. The Bertz CT molecular complexity index is 938. The molecule has 0 radical (unpaired) electrons. The fourth-order valence-corrected chi connectivity index (χ4v) is 2.38. The maximum absolute atomic E-state index is 12.3. The zero-order chi connectivity index (χ0) is 18.4. The summed E-state index contributed by atoms with van der Waals surface area (Å²) in [6.45, 7) is 0. The summed E-state index contributed by atoms with van der Waals surface area (Å²) in [5.74, 6) is -1.71. The molecule has 0 fully saturated rings. The van der Waals surface area contributed by atoms with Crippen molar-refractivity contribution in [2.45, 2.75) is 0 Å². The van der Waals surface area contributed by atoms with Gasteiger partial charge in [-0.3, -0.25) is 14.4 Å². The molecule has 26 heavy (non-hydrogen) atoms. The zero-order valence-corrected chi connectivity index (χ0v) is 13.8. The van der Waals surface area contributed by atoms with E-state index >= 15 is 0 Å². The number of carbonyl (C=O) groups excluding carboxylic acids is 3. The Morgan fingerprint density at radius 2 is 1.00 bits per heavy atom. The highest BCUT2D eigenvalue weighted by molar-refractivity contribution is 6.46. The summed E-state index contributed by atoms with van der Waals surface area (Å²) < 4.78 is 0. The minimum Gasteiger partial charge on any atom is -0.320 e. The normalized spacial score (nSPS) is 10.0. The van der Waals surface area contributed by atoms with Crippen LogP contribution in [0.3, 0.4) is 0 Å². The molecule has 0 bridgehead atoms. The number of carbonyl (C=O) groups is 3. The molecule has 0 aliphatic heterocycles. The molecule has 3 aromatic rings. The van der Waals surface area contributed by atoms with E-state index in [-0.39, 0.29) is 5.91 Å². The monoisotopic (exact) mass is 344 g/mol. The number of rotatable bonds is 5. The number of nitrogens with one attached hydrogen (secondary N) is 2. The van der Waals surface area contributed by atoms with E-state index < -0.39 is 11.7 Å². The summed E-state index contributed by atoms with van der Waals surface area (Å²) in [4.78, 5) is 36.8. The summed E-state index contributed by atoms with van der Waals surface area (Å²) in [6.07, 6.45) is 0. The molecule has 2 N–H and O–H groups in total. The molecular weight excluding hydrogens is 328 g/mol. The van der Waals surface area contributed by atoms with Crippen molar-refractivity contribution in [2.24, 2.45) is 0 Å². The predicted molar refractivity (Wildman–Crippen MR) is 100 cm³/mol. The first kappa shape index (κ1) is 17.1. The van der Waals surface area contributed by atoms with Gasteiger partial charge in [-0.25, -0.2) is 0 Å². The van der Waals surface area contributed by atoms with E-state index in [1.165, 1.54) is 0 Å². The number of anilines is 2. The summed E-state index contributed by atoms with van der Waals surface area (Å²) >= 11 is 0. The Kier molecular flexibility index (Phi) is 5.19. The predicted octanol–water partition coefficient (Wildman–Crippen LogP) is 3.76. The van der Waals surface area contributed by atoms with Gasteiger partial charge in [0.15, 0.2) is 0 Å². The van der Waals surface area contributed by atoms with Crippen LogP contribution < -0.4 is 10.6 Å². The summed E-state index contributed by atoms with van der Waals surface area (Å²) in [7, 11) is 0. The van der Waals surface area contributed by atoms with Crippen LogP contribution in [0.4, 0.5) is 11.4 Å². The highest BCUT2D eigenvalue weighted by atomic mass is 16.2. The number of amides is 2. The highest BCUT2D eigenvalue weighted by Crippen LogP contribution is 2.22. The lowest BCUT2D eigenvalue weighted by Gasteiger charge is -2.12. The first-order valence-electron chi connectivity index (χ1n) is 8.01. The van der Waals surface area contributed by atoms with E-state index in [1.54, 1.807) is 78.9 Å². The first-order valence-corrected chi connectivity index (χ1v) is 8.01. The Labute approximate surface area is 150 Å². The van der Waals surface area contributed by atoms with Gasteiger partial charge in [-0.05, 0) is 24.3 Å². The third-order valence-electron chi connectivity index (χ3n) is 3.70. The van der Waals surface area contributed by atoms with Gasteiger partial charge in [0.2, 0.25) is 0 Å². The largest absolute Gasteiger partial charge is 0.320 e. The second-order valence-corrected chi connectivity index (χ2v) is 5.52. The third-order valence-corrected chi connectivity index (χ3v) is 3.70. The Morgan fingerprint density at radius 3 is 1.58 bits per heavy atom. The number of ketones is 1. The molecule has 0 saturated heterocycles. The minimum atomic E-state index is -0.766. The van der Waals surface area contributed by atoms with Gasteiger partial charge in [-0.1, -0.05) is 60.7 Å². The molecule has 0 aliphatic carbocycles. The van der Waals surface area contributed by atoms with Gasteiger partial charge in [0.25, 0.3) is 17.6 Å². The maximum Gasteiger partial charge on any atom is 0.296 e. The number of Topliss-reactive ketones (excluding diaryl/α,β-unsaturated/α-hetero) is 1. The van der Waals surface area contributed by atoms with Crippen LogP contribution in [0.5, 0.6) is 0 Å². The highest BCUT2D eigenvalue weighted by Gasteiger charge is 2.17. The van der Waals surface area contributed by atoms with Gasteiger partial charge in [0.1, 0.15) is 0 Å². The number of hydrogen-bond acceptors (Lipinski definition) is 3. The zero-order valence-electron chi connectivity index (χ0n) is 13.8. The average molecular weight is 344 g/mol. The van der Waals surface area contributed by atoms with E-state index in [2.05, 4.69) is 10.6 Å². The van der Waals surface area contributed by atoms with Crippen LogP contribution in [0.2, 0.25) is 0 Å². The molecule has 5 nitrogen and oxygen atoms in total. The lowest BCUT2D eigenvalue weighted by atomic mass is 10.1. The lowest BCUT2D eigenvalue weighted by molar-refractivity contribution is -0.112.